The molecular weight excluding hydrogens is 328 g/mol. The molecule has 4 atom stereocenters. The van der Waals surface area contributed by atoms with Crippen LogP contribution in [0.15, 0.2) is 34.5 Å². The van der Waals surface area contributed by atoms with E-state index in [1.165, 1.54) is 0 Å². The summed E-state index contributed by atoms with van der Waals surface area (Å²) >= 11 is 0. The quantitative estimate of drug-likeness (QED) is 0.419. The third-order valence-corrected chi connectivity index (χ3v) is 6.00. The molecule has 0 heterocycles. The van der Waals surface area contributed by atoms with Crippen LogP contribution >= 0.6 is 0 Å². The van der Waals surface area contributed by atoms with Crippen molar-refractivity contribution in [2.75, 3.05) is 0 Å². The van der Waals surface area contributed by atoms with E-state index in [9.17, 15) is 9.59 Å². The first kappa shape index (κ1) is 17.2. The lowest BCUT2D eigenvalue weighted by molar-refractivity contribution is -0.123. The number of nitrogens with zero attached hydrogens (tertiary/aromatic N) is 2. The number of hydrogen-bond donors (Lipinski definition) is 2. The van der Waals surface area contributed by atoms with Crippen molar-refractivity contribution < 1.29 is 9.59 Å². The largest absolute Gasteiger partial charge is 0.273 e. The van der Waals surface area contributed by atoms with Crippen LogP contribution in [0.1, 0.15) is 51.4 Å². The summed E-state index contributed by atoms with van der Waals surface area (Å²) in [6.45, 7) is 0. The number of hydrazone groups is 2. The average molecular weight is 354 g/mol. The molecule has 26 heavy (non-hydrogen) atoms. The van der Waals surface area contributed by atoms with Crippen molar-refractivity contribution >= 4 is 23.2 Å². The minimum absolute atomic E-state index is 0.0721. The highest BCUT2D eigenvalue weighted by molar-refractivity contribution is 5.96. The molecule has 0 aliphatic heterocycles. The second-order valence-corrected chi connectivity index (χ2v) is 7.79. The van der Waals surface area contributed by atoms with Gasteiger partial charge in [-0.15, -0.1) is 0 Å². The molecule has 0 aromatic heterocycles. The highest BCUT2D eigenvalue weighted by Crippen LogP contribution is 2.40. The number of rotatable bonds is 7. The Kier molecular flexibility index (Phi) is 5.00. The molecule has 2 saturated carbocycles. The van der Waals surface area contributed by atoms with Gasteiger partial charge in [0.1, 0.15) is 0 Å². The Morgan fingerprint density at radius 1 is 0.846 bits per heavy atom. The summed E-state index contributed by atoms with van der Waals surface area (Å²) in [7, 11) is 0. The highest BCUT2D eigenvalue weighted by Gasteiger charge is 2.38. The maximum absolute atomic E-state index is 11.8. The molecule has 2 fully saturated rings. The van der Waals surface area contributed by atoms with Crippen LogP contribution in [0.25, 0.3) is 0 Å². The van der Waals surface area contributed by atoms with Crippen molar-refractivity contribution in [3.8, 4) is 0 Å². The molecule has 0 unspecified atom stereocenters. The molecule has 138 valence electrons. The number of unbranched alkanes of at least 4 members (excludes halogenated alkanes) is 1. The number of fused-ring (bicyclic) bond motifs is 2. The maximum Gasteiger partial charge on any atom is 0.240 e. The maximum atomic E-state index is 11.8. The number of amides is 2. The molecule has 0 aromatic rings. The van der Waals surface area contributed by atoms with E-state index >= 15 is 0 Å². The second-order valence-electron chi connectivity index (χ2n) is 7.79. The third-order valence-electron chi connectivity index (χ3n) is 6.00. The van der Waals surface area contributed by atoms with Gasteiger partial charge in [0.05, 0.1) is 0 Å². The SMILES string of the molecule is O=C(CCCCC(=O)N/N=C1/C[C@@H]2CC=C[C@H]12)N/N=C1/C[C@H]2CC=C[C@H]12. The van der Waals surface area contributed by atoms with Crippen LogP contribution < -0.4 is 10.9 Å². The van der Waals surface area contributed by atoms with Crippen LogP contribution in [0.5, 0.6) is 0 Å². The van der Waals surface area contributed by atoms with E-state index in [0.717, 1.165) is 37.1 Å². The van der Waals surface area contributed by atoms with Gasteiger partial charge in [0, 0.05) is 36.1 Å². The molecule has 0 radical (unpaired) electrons. The standard InChI is InChI=1S/C20H26N4O2/c25-19(23-21-17-11-13-5-3-7-15(13)17)9-1-2-10-20(26)24-22-18-12-14-6-4-8-16(14)18/h3-4,7-8,13-16H,1-2,5-6,9-12H2,(H,23,25)(H,24,26)/b21-17-,22-18-/t13-,14+,15-,16-/m0/s1. The molecule has 0 saturated heterocycles. The third kappa shape index (κ3) is 3.64. The molecule has 4 rings (SSSR count). The molecule has 0 aromatic carbocycles. The van der Waals surface area contributed by atoms with E-state index in [1.807, 2.05) is 0 Å². The topological polar surface area (TPSA) is 82.9 Å². The van der Waals surface area contributed by atoms with Gasteiger partial charge < -0.3 is 0 Å². The molecule has 0 spiro atoms. The fraction of sp³-hybridized carbons (Fsp3) is 0.600. The smallest absolute Gasteiger partial charge is 0.240 e. The summed E-state index contributed by atoms with van der Waals surface area (Å²) < 4.78 is 0. The Hall–Kier alpha value is -2.24. The zero-order valence-corrected chi connectivity index (χ0v) is 15.0. The molecular formula is C20H26N4O2. The van der Waals surface area contributed by atoms with Crippen molar-refractivity contribution in [1.29, 1.82) is 0 Å². The number of carbonyl (C=O) groups is 2. The van der Waals surface area contributed by atoms with Crippen LogP contribution in [0, 0.1) is 23.7 Å². The van der Waals surface area contributed by atoms with Gasteiger partial charge in [-0.05, 0) is 50.4 Å². The van der Waals surface area contributed by atoms with Gasteiger partial charge in [-0.25, -0.2) is 10.9 Å². The monoisotopic (exact) mass is 354 g/mol. The fourth-order valence-electron chi connectivity index (χ4n) is 4.27. The molecule has 2 amide bonds. The van der Waals surface area contributed by atoms with Gasteiger partial charge in [0.15, 0.2) is 0 Å². The zero-order valence-electron chi connectivity index (χ0n) is 15.0. The summed E-state index contributed by atoms with van der Waals surface area (Å²) in [5.74, 6) is 2.18. The van der Waals surface area contributed by atoms with Crippen LogP contribution in [-0.4, -0.2) is 23.2 Å². The Bertz CT molecular complexity index is 647. The summed E-state index contributed by atoms with van der Waals surface area (Å²) in [4.78, 5) is 23.7. The molecule has 0 bridgehead atoms. The van der Waals surface area contributed by atoms with E-state index in [4.69, 9.17) is 0 Å². The lowest BCUT2D eigenvalue weighted by Crippen LogP contribution is -2.35. The average Bonchev–Trinajstić information content (AvgIpc) is 3.15. The lowest BCUT2D eigenvalue weighted by Gasteiger charge is -2.31. The predicted octanol–water partition coefficient (Wildman–Crippen LogP) is 2.68. The highest BCUT2D eigenvalue weighted by atomic mass is 16.2. The minimum Gasteiger partial charge on any atom is -0.273 e. The Morgan fingerprint density at radius 3 is 1.73 bits per heavy atom. The predicted molar refractivity (Wildman–Crippen MR) is 100 cm³/mol. The van der Waals surface area contributed by atoms with Crippen molar-refractivity contribution in [3.05, 3.63) is 24.3 Å². The van der Waals surface area contributed by atoms with Gasteiger partial charge in [0.2, 0.25) is 11.8 Å². The van der Waals surface area contributed by atoms with Crippen LogP contribution in [0.4, 0.5) is 0 Å². The Morgan fingerprint density at radius 2 is 1.31 bits per heavy atom. The zero-order chi connectivity index (χ0) is 17.9. The Balaban J connectivity index is 1.07. The van der Waals surface area contributed by atoms with E-state index < -0.39 is 0 Å². The van der Waals surface area contributed by atoms with Crippen molar-refractivity contribution in [2.45, 2.75) is 51.4 Å². The van der Waals surface area contributed by atoms with Gasteiger partial charge >= 0.3 is 0 Å². The van der Waals surface area contributed by atoms with Gasteiger partial charge in [-0.1, -0.05) is 24.3 Å². The Labute approximate surface area is 153 Å². The van der Waals surface area contributed by atoms with E-state index in [2.05, 4.69) is 45.4 Å². The molecule has 6 heteroatoms. The first-order valence-electron chi connectivity index (χ1n) is 9.74. The van der Waals surface area contributed by atoms with Crippen molar-refractivity contribution in [3.63, 3.8) is 0 Å². The summed E-state index contributed by atoms with van der Waals surface area (Å²) in [5, 5.41) is 8.48. The van der Waals surface area contributed by atoms with Gasteiger partial charge in [0.25, 0.3) is 0 Å². The van der Waals surface area contributed by atoms with E-state index in [0.29, 0.717) is 49.4 Å². The first-order valence-corrected chi connectivity index (χ1v) is 9.74. The van der Waals surface area contributed by atoms with Crippen molar-refractivity contribution in [1.82, 2.24) is 10.9 Å². The summed E-state index contributed by atoms with van der Waals surface area (Å²) in [6, 6.07) is 0. The second kappa shape index (κ2) is 7.56. The van der Waals surface area contributed by atoms with Gasteiger partial charge in [-0.2, -0.15) is 10.2 Å². The molecule has 4 aliphatic carbocycles. The van der Waals surface area contributed by atoms with Crippen LogP contribution in [0.3, 0.4) is 0 Å². The minimum atomic E-state index is -0.0721. The van der Waals surface area contributed by atoms with Crippen LogP contribution in [0.2, 0.25) is 0 Å². The van der Waals surface area contributed by atoms with E-state index in [1.54, 1.807) is 0 Å². The van der Waals surface area contributed by atoms with Gasteiger partial charge in [-0.3, -0.25) is 9.59 Å². The number of nitrogens with one attached hydrogen (secondary N) is 2. The number of hydrogen-bond acceptors (Lipinski definition) is 4. The normalized spacial score (nSPS) is 33.5. The number of allylic oxidation sites excluding steroid dienone is 4. The summed E-state index contributed by atoms with van der Waals surface area (Å²) in [6.07, 6.45) is 15.2. The van der Waals surface area contributed by atoms with Crippen LogP contribution in [-0.2, 0) is 9.59 Å². The molecule has 2 N–H and O–H groups in total. The first-order chi connectivity index (χ1) is 12.7. The van der Waals surface area contributed by atoms with Crippen molar-refractivity contribution in [2.24, 2.45) is 33.9 Å². The lowest BCUT2D eigenvalue weighted by atomic mass is 9.74. The molecule has 6 nitrogen and oxygen atoms in total. The number of carbonyl (C=O) groups excluding carboxylic acids is 2. The fourth-order valence-corrected chi connectivity index (χ4v) is 4.27. The molecule has 4 aliphatic rings. The van der Waals surface area contributed by atoms with E-state index in [-0.39, 0.29) is 11.8 Å². The summed E-state index contributed by atoms with van der Waals surface area (Å²) in [5.41, 5.74) is 7.47.